The first-order chi connectivity index (χ1) is 11.0. The molecule has 0 aliphatic heterocycles. The summed E-state index contributed by atoms with van der Waals surface area (Å²) in [6, 6.07) is 10.8. The van der Waals surface area contributed by atoms with Gasteiger partial charge in [0, 0.05) is 18.2 Å². The van der Waals surface area contributed by atoms with E-state index in [0.717, 1.165) is 6.20 Å². The smallest absolute Gasteiger partial charge is 0.269 e. The topological polar surface area (TPSA) is 95.5 Å². The Morgan fingerprint density at radius 2 is 1.91 bits per heavy atom. The minimum Gasteiger partial charge on any atom is -0.487 e. The van der Waals surface area contributed by atoms with Crippen LogP contribution in [-0.4, -0.2) is 9.85 Å². The van der Waals surface area contributed by atoms with Crippen LogP contribution in [0.3, 0.4) is 0 Å². The Labute approximate surface area is 136 Å². The molecule has 0 amide bonds. The molecule has 118 valence electrons. The summed E-state index contributed by atoms with van der Waals surface area (Å²) in [5.74, 6) is 0.386. The number of ether oxygens (including phenoxy) is 1. The minimum atomic E-state index is -0.569. The highest BCUT2D eigenvalue weighted by molar-refractivity contribution is 6.32. The molecule has 2 aromatic rings. The van der Waals surface area contributed by atoms with E-state index in [1.807, 2.05) is 0 Å². The van der Waals surface area contributed by atoms with Gasteiger partial charge in [-0.25, -0.2) is 0 Å². The molecule has 0 spiro atoms. The summed E-state index contributed by atoms with van der Waals surface area (Å²) in [5, 5.41) is 21.3. The second-order valence-electron chi connectivity index (χ2n) is 4.51. The fraction of sp³-hybridized carbons (Fsp3) is 0.0667. The van der Waals surface area contributed by atoms with E-state index in [2.05, 4.69) is 0 Å². The van der Waals surface area contributed by atoms with Gasteiger partial charge in [0.2, 0.25) is 6.20 Å². The van der Waals surface area contributed by atoms with Gasteiger partial charge in [0.25, 0.3) is 5.69 Å². The molecule has 0 saturated carbocycles. The number of benzene rings is 2. The van der Waals surface area contributed by atoms with E-state index >= 15 is 0 Å². The van der Waals surface area contributed by atoms with Crippen LogP contribution in [0.1, 0.15) is 11.1 Å². The number of nitro benzene ring substituents is 1. The van der Waals surface area contributed by atoms with Crippen molar-refractivity contribution >= 4 is 23.4 Å². The third kappa shape index (κ3) is 4.79. The maximum absolute atomic E-state index is 10.7. The first-order valence-corrected chi connectivity index (χ1v) is 6.81. The third-order valence-electron chi connectivity index (χ3n) is 2.86. The molecule has 0 aliphatic rings. The molecule has 2 rings (SSSR count). The lowest BCUT2D eigenvalue weighted by Crippen LogP contribution is -1.97. The Bertz CT molecular complexity index is 776. The monoisotopic (exact) mass is 334 g/mol. The molecule has 0 atom stereocenters. The average molecular weight is 335 g/mol. The number of hydrogen-bond acceptors (Lipinski definition) is 5. The summed E-state index contributed by atoms with van der Waals surface area (Å²) in [7, 11) is 0. The van der Waals surface area contributed by atoms with E-state index in [4.69, 9.17) is 16.3 Å². The lowest BCUT2D eigenvalue weighted by atomic mass is 10.2. The number of rotatable bonds is 6. The Morgan fingerprint density at radius 3 is 2.57 bits per heavy atom. The predicted molar refractivity (Wildman–Crippen MR) is 84.9 cm³/mol. The predicted octanol–water partition coefficient (Wildman–Crippen LogP) is 4.07. The Morgan fingerprint density at radius 1 is 1.13 bits per heavy atom. The summed E-state index contributed by atoms with van der Waals surface area (Å²) in [5.41, 5.74) is 1.18. The average Bonchev–Trinajstić information content (AvgIpc) is 2.52. The van der Waals surface area contributed by atoms with Crippen molar-refractivity contribution in [2.75, 3.05) is 0 Å². The van der Waals surface area contributed by atoms with Crippen molar-refractivity contribution in [2.24, 2.45) is 0 Å². The SMILES string of the molecule is O=[N+]([O-])/C=C/c1ccc(OCc2cccc([N+](=O)[O-])c2)c(Cl)c1. The van der Waals surface area contributed by atoms with Crippen LogP contribution in [0.2, 0.25) is 5.02 Å². The molecule has 0 heterocycles. The fourth-order valence-electron chi connectivity index (χ4n) is 1.81. The molecule has 0 N–H and O–H groups in total. The van der Waals surface area contributed by atoms with E-state index < -0.39 is 9.85 Å². The zero-order valence-corrected chi connectivity index (χ0v) is 12.5. The molecule has 0 bridgehead atoms. The van der Waals surface area contributed by atoms with Gasteiger partial charge in [0.1, 0.15) is 12.4 Å². The minimum absolute atomic E-state index is 0.0162. The summed E-state index contributed by atoms with van der Waals surface area (Å²) in [6.45, 7) is 0.117. The highest BCUT2D eigenvalue weighted by atomic mass is 35.5. The van der Waals surface area contributed by atoms with Gasteiger partial charge < -0.3 is 4.74 Å². The number of nitrogens with zero attached hydrogens (tertiary/aromatic N) is 2. The summed E-state index contributed by atoms with van der Waals surface area (Å²) < 4.78 is 5.53. The van der Waals surface area contributed by atoms with E-state index in [0.29, 0.717) is 21.9 Å². The molecule has 7 nitrogen and oxygen atoms in total. The van der Waals surface area contributed by atoms with Crippen molar-refractivity contribution in [3.63, 3.8) is 0 Å². The van der Waals surface area contributed by atoms with E-state index in [9.17, 15) is 20.2 Å². The number of nitro groups is 2. The normalized spacial score (nSPS) is 10.7. The van der Waals surface area contributed by atoms with Crippen LogP contribution in [0.25, 0.3) is 6.08 Å². The second kappa shape index (κ2) is 7.37. The van der Waals surface area contributed by atoms with Crippen molar-refractivity contribution in [3.8, 4) is 5.75 Å². The van der Waals surface area contributed by atoms with Crippen LogP contribution in [0.4, 0.5) is 5.69 Å². The molecule has 0 aliphatic carbocycles. The maximum Gasteiger partial charge on any atom is 0.269 e. The molecule has 2 aromatic carbocycles. The zero-order valence-electron chi connectivity index (χ0n) is 11.7. The van der Waals surface area contributed by atoms with Crippen LogP contribution < -0.4 is 4.74 Å². The number of hydrogen-bond donors (Lipinski definition) is 0. The number of halogens is 1. The number of non-ortho nitro benzene ring substituents is 1. The largest absolute Gasteiger partial charge is 0.487 e. The van der Waals surface area contributed by atoms with Gasteiger partial charge in [0.15, 0.2) is 0 Å². The maximum atomic E-state index is 10.7. The standard InChI is InChI=1S/C15H11ClN2O5/c16-14-9-11(6-7-17(19)20)4-5-15(14)23-10-12-2-1-3-13(8-12)18(21)22/h1-9H,10H2/b7-6+. The molecular weight excluding hydrogens is 324 g/mol. The third-order valence-corrected chi connectivity index (χ3v) is 3.16. The van der Waals surface area contributed by atoms with Crippen LogP contribution >= 0.6 is 11.6 Å². The van der Waals surface area contributed by atoms with Gasteiger partial charge in [-0.1, -0.05) is 29.8 Å². The van der Waals surface area contributed by atoms with Gasteiger partial charge in [0.05, 0.1) is 14.9 Å². The zero-order chi connectivity index (χ0) is 16.8. The first kappa shape index (κ1) is 16.4. The summed E-state index contributed by atoms with van der Waals surface area (Å²) in [6.07, 6.45) is 2.13. The molecule has 23 heavy (non-hydrogen) atoms. The van der Waals surface area contributed by atoms with E-state index in [1.54, 1.807) is 24.3 Å². The second-order valence-corrected chi connectivity index (χ2v) is 4.91. The van der Waals surface area contributed by atoms with Crippen molar-refractivity contribution in [2.45, 2.75) is 6.61 Å². The Balaban J connectivity index is 2.07. The van der Waals surface area contributed by atoms with Crippen molar-refractivity contribution in [1.29, 1.82) is 0 Å². The van der Waals surface area contributed by atoms with Gasteiger partial charge in [-0.2, -0.15) is 0 Å². The molecule has 0 aromatic heterocycles. The van der Waals surface area contributed by atoms with Crippen LogP contribution in [0, 0.1) is 20.2 Å². The van der Waals surface area contributed by atoms with Gasteiger partial charge in [-0.15, -0.1) is 0 Å². The van der Waals surface area contributed by atoms with Crippen LogP contribution in [0.5, 0.6) is 5.75 Å². The van der Waals surface area contributed by atoms with Crippen molar-refractivity contribution < 1.29 is 14.6 Å². The van der Waals surface area contributed by atoms with Crippen LogP contribution in [0.15, 0.2) is 48.7 Å². The molecule has 0 unspecified atom stereocenters. The molecule has 0 saturated heterocycles. The summed E-state index contributed by atoms with van der Waals surface area (Å²) in [4.78, 5) is 19.9. The van der Waals surface area contributed by atoms with Crippen LogP contribution in [-0.2, 0) is 6.61 Å². The molecule has 0 fully saturated rings. The van der Waals surface area contributed by atoms with Crippen molar-refractivity contribution in [1.82, 2.24) is 0 Å². The lowest BCUT2D eigenvalue weighted by molar-refractivity contribution is -0.400. The Hall–Kier alpha value is -2.93. The summed E-state index contributed by atoms with van der Waals surface area (Å²) >= 11 is 6.06. The highest BCUT2D eigenvalue weighted by Gasteiger charge is 2.07. The van der Waals surface area contributed by atoms with Gasteiger partial charge in [-0.3, -0.25) is 20.2 Å². The van der Waals surface area contributed by atoms with E-state index in [1.165, 1.54) is 24.3 Å². The molecule has 0 radical (unpaired) electrons. The molecule has 8 heteroatoms. The van der Waals surface area contributed by atoms with E-state index in [-0.39, 0.29) is 12.3 Å². The fourth-order valence-corrected chi connectivity index (χ4v) is 2.05. The Kier molecular flexibility index (Phi) is 5.27. The van der Waals surface area contributed by atoms with Gasteiger partial charge >= 0.3 is 0 Å². The van der Waals surface area contributed by atoms with Crippen molar-refractivity contribution in [3.05, 3.63) is 85.0 Å². The first-order valence-electron chi connectivity index (χ1n) is 6.43. The molecular formula is C15H11ClN2O5. The quantitative estimate of drug-likeness (QED) is 0.586. The highest BCUT2D eigenvalue weighted by Crippen LogP contribution is 2.27. The lowest BCUT2D eigenvalue weighted by Gasteiger charge is -2.08. The van der Waals surface area contributed by atoms with Gasteiger partial charge in [-0.05, 0) is 23.3 Å².